The number of aliphatic hydroxyl groups excluding tert-OH is 1. The molecule has 13 nitrogen and oxygen atoms in total. The number of para-hydroxylation sites is 1. The molecule has 0 amide bonds. The van der Waals surface area contributed by atoms with Gasteiger partial charge in [-0.25, -0.2) is 19.5 Å². The van der Waals surface area contributed by atoms with Crippen LogP contribution in [0.4, 0.5) is 0 Å². The van der Waals surface area contributed by atoms with E-state index in [9.17, 15) is 19.6 Å². The van der Waals surface area contributed by atoms with Gasteiger partial charge in [0.25, 0.3) is 0 Å². The highest BCUT2D eigenvalue weighted by molar-refractivity contribution is 7.52. The Kier molecular flexibility index (Phi) is 6.31. The molecule has 0 spiro atoms. The molecule has 2 fully saturated rings. The molecule has 7 atom stereocenters. The normalized spacial score (nSPS) is 29.5. The van der Waals surface area contributed by atoms with E-state index in [-0.39, 0.29) is 11.9 Å². The lowest BCUT2D eigenvalue weighted by atomic mass is 10.1. The van der Waals surface area contributed by atoms with E-state index >= 15 is 0 Å². The van der Waals surface area contributed by atoms with E-state index < -0.39 is 49.9 Å². The first-order valence-electron chi connectivity index (χ1n) is 11.3. The van der Waals surface area contributed by atoms with E-state index in [1.807, 2.05) is 0 Å². The maximum Gasteiger partial charge on any atom is 0.459 e. The fourth-order valence-electron chi connectivity index (χ4n) is 4.10. The lowest BCUT2D eigenvalue weighted by Crippen LogP contribution is -2.39. The van der Waals surface area contributed by atoms with Crippen LogP contribution in [0.15, 0.2) is 49.2 Å². The first-order valence-corrected chi connectivity index (χ1v) is 12.9. The van der Waals surface area contributed by atoms with Crippen molar-refractivity contribution < 1.29 is 38.1 Å². The number of hydrogen-bond donors (Lipinski definition) is 3. The Morgan fingerprint density at radius 3 is 2.67 bits per heavy atom. The van der Waals surface area contributed by atoms with Crippen LogP contribution in [0, 0.1) is 0 Å². The predicted molar refractivity (Wildman–Crippen MR) is 124 cm³/mol. The minimum atomic E-state index is -4.27. The summed E-state index contributed by atoms with van der Waals surface area (Å²) in [6.07, 6.45) is -0.828. The Morgan fingerprint density at radius 1 is 1.25 bits per heavy atom. The summed E-state index contributed by atoms with van der Waals surface area (Å²) in [6.45, 7) is 4.82. The molecule has 1 aliphatic heterocycles. The number of fused-ring (bicyclic) bond motifs is 2. The van der Waals surface area contributed by atoms with E-state index in [1.165, 1.54) is 30.3 Å². The highest BCUT2D eigenvalue weighted by atomic mass is 31.2. The highest BCUT2D eigenvalue weighted by Crippen LogP contribution is 2.61. The number of carbonyl (C=O) groups excluding carboxylic acids is 1. The zero-order valence-corrected chi connectivity index (χ0v) is 20.6. The van der Waals surface area contributed by atoms with Crippen LogP contribution in [0.2, 0.25) is 0 Å². The molecule has 14 heteroatoms. The summed E-state index contributed by atoms with van der Waals surface area (Å²) in [5.74, 6) is -0.454. The summed E-state index contributed by atoms with van der Waals surface area (Å²) in [5, 5.41) is 24.7. The summed E-state index contributed by atoms with van der Waals surface area (Å²) < 4.78 is 37.6. The number of nitrogens with zero attached hydrogens (tertiary/aromatic N) is 4. The summed E-state index contributed by atoms with van der Waals surface area (Å²) in [7, 11) is -4.27. The first kappa shape index (κ1) is 24.8. The second kappa shape index (κ2) is 9.18. The van der Waals surface area contributed by atoms with Gasteiger partial charge >= 0.3 is 13.7 Å². The van der Waals surface area contributed by atoms with Gasteiger partial charge in [0, 0.05) is 0 Å². The quantitative estimate of drug-likeness (QED) is 0.274. The van der Waals surface area contributed by atoms with Crippen molar-refractivity contribution in [2.45, 2.75) is 63.1 Å². The lowest BCUT2D eigenvalue weighted by Gasteiger charge is -2.27. The molecule has 2 aliphatic rings. The molecule has 1 aliphatic carbocycles. The van der Waals surface area contributed by atoms with Crippen molar-refractivity contribution in [1.82, 2.24) is 24.6 Å². The van der Waals surface area contributed by atoms with Gasteiger partial charge in [0.15, 0.2) is 17.5 Å². The molecule has 5 rings (SSSR count). The third kappa shape index (κ3) is 4.38. The van der Waals surface area contributed by atoms with Gasteiger partial charge in [0.05, 0.1) is 18.6 Å². The Bertz CT molecular complexity index is 1310. The minimum Gasteiger partial charge on any atom is -0.462 e. The topological polar surface area (TPSA) is 167 Å². The Balaban J connectivity index is 1.34. The molecular weight excluding hydrogens is 493 g/mol. The lowest BCUT2D eigenvalue weighted by molar-refractivity contribution is -0.149. The maximum atomic E-state index is 13.8. The number of benzene rings is 1. The molecule has 1 aromatic carbocycles. The Labute approximate surface area is 206 Å². The monoisotopic (exact) mass is 519 g/mol. The standard InChI is InChI=1S/C22H26N5O8P/c1-12(2)32-21(29)13(3)26-36(31,34-14-7-5-4-6-8-14)35-18-17-22(18,30)16(28)20(33-17)27-11-25-15-9-23-10-24-19(15)27/h4-13,16-18,20,28,30H,1-3H3,(H,26,31). The third-order valence-corrected chi connectivity index (χ3v) is 7.56. The molecule has 1 saturated carbocycles. The van der Waals surface area contributed by atoms with Crippen LogP contribution in [0.5, 0.6) is 5.75 Å². The van der Waals surface area contributed by atoms with Crippen LogP contribution in [-0.2, 0) is 23.4 Å². The molecule has 3 N–H and O–H groups in total. The summed E-state index contributed by atoms with van der Waals surface area (Å²) in [5.41, 5.74) is -0.984. The number of imidazole rings is 1. The average molecular weight is 519 g/mol. The summed E-state index contributed by atoms with van der Waals surface area (Å²) in [6, 6.07) is 7.15. The van der Waals surface area contributed by atoms with Crippen molar-refractivity contribution in [1.29, 1.82) is 0 Å². The SMILES string of the molecule is CC(C)OC(=O)C(C)NP(=O)(Oc1ccccc1)OC1C2OC(n3cnc4cncnc43)C(O)C21O. The fourth-order valence-corrected chi connectivity index (χ4v) is 5.82. The molecule has 0 bridgehead atoms. The number of aromatic nitrogens is 4. The molecular formula is C22H26N5O8P. The largest absolute Gasteiger partial charge is 0.462 e. The van der Waals surface area contributed by atoms with Crippen LogP contribution in [0.25, 0.3) is 11.2 Å². The van der Waals surface area contributed by atoms with E-state index in [0.717, 1.165) is 0 Å². The van der Waals surface area contributed by atoms with Gasteiger partial charge in [-0.15, -0.1) is 0 Å². The average Bonchev–Trinajstić information content (AvgIpc) is 3.11. The molecule has 3 heterocycles. The van der Waals surface area contributed by atoms with E-state index in [4.69, 9.17) is 18.5 Å². The zero-order valence-electron chi connectivity index (χ0n) is 19.7. The molecule has 1 saturated heterocycles. The number of ether oxygens (including phenoxy) is 2. The number of nitrogens with one attached hydrogen (secondary N) is 1. The fraction of sp³-hybridized carbons (Fsp3) is 0.455. The number of aliphatic hydroxyl groups is 2. The van der Waals surface area contributed by atoms with Gasteiger partial charge < -0.3 is 24.2 Å². The van der Waals surface area contributed by atoms with Crippen LogP contribution >= 0.6 is 7.75 Å². The second-order valence-corrected chi connectivity index (χ2v) is 10.6. The molecule has 36 heavy (non-hydrogen) atoms. The van der Waals surface area contributed by atoms with Crippen molar-refractivity contribution in [2.24, 2.45) is 0 Å². The van der Waals surface area contributed by atoms with Crippen LogP contribution in [0.1, 0.15) is 27.0 Å². The van der Waals surface area contributed by atoms with Crippen LogP contribution in [0.3, 0.4) is 0 Å². The van der Waals surface area contributed by atoms with Gasteiger partial charge in [0.1, 0.15) is 41.9 Å². The zero-order chi connectivity index (χ0) is 25.7. The molecule has 192 valence electrons. The molecule has 2 aromatic heterocycles. The van der Waals surface area contributed by atoms with Crippen LogP contribution < -0.4 is 9.61 Å². The first-order chi connectivity index (χ1) is 17.1. The van der Waals surface area contributed by atoms with Gasteiger partial charge in [-0.3, -0.25) is 13.9 Å². The van der Waals surface area contributed by atoms with Gasteiger partial charge in [-0.1, -0.05) is 18.2 Å². The predicted octanol–water partition coefficient (Wildman–Crippen LogP) is 1.33. The van der Waals surface area contributed by atoms with Crippen molar-refractivity contribution in [2.75, 3.05) is 0 Å². The van der Waals surface area contributed by atoms with E-state index in [2.05, 4.69) is 20.0 Å². The maximum absolute atomic E-state index is 13.8. The van der Waals surface area contributed by atoms with Gasteiger partial charge in [-0.05, 0) is 32.9 Å². The van der Waals surface area contributed by atoms with Crippen molar-refractivity contribution in [3.63, 3.8) is 0 Å². The van der Waals surface area contributed by atoms with Crippen molar-refractivity contribution in [3.05, 3.63) is 49.2 Å². The minimum absolute atomic E-state index is 0.208. The third-order valence-electron chi connectivity index (χ3n) is 5.90. The molecule has 7 unspecified atom stereocenters. The van der Waals surface area contributed by atoms with E-state index in [0.29, 0.717) is 11.2 Å². The molecule has 3 aromatic rings. The highest BCUT2D eigenvalue weighted by Gasteiger charge is 2.79. The van der Waals surface area contributed by atoms with Gasteiger partial charge in [0.2, 0.25) is 0 Å². The number of hydrogen-bond acceptors (Lipinski definition) is 11. The Morgan fingerprint density at radius 2 is 2.00 bits per heavy atom. The molecule has 0 radical (unpaired) electrons. The van der Waals surface area contributed by atoms with Crippen molar-refractivity contribution >= 4 is 24.9 Å². The number of carbonyl (C=O) groups is 1. The summed E-state index contributed by atoms with van der Waals surface area (Å²) in [4.78, 5) is 24.5. The van der Waals surface area contributed by atoms with Gasteiger partial charge in [-0.2, -0.15) is 5.09 Å². The smallest absolute Gasteiger partial charge is 0.459 e. The van der Waals surface area contributed by atoms with E-state index in [1.54, 1.807) is 44.2 Å². The Hall–Kier alpha value is -2.93. The second-order valence-electron chi connectivity index (χ2n) is 8.93. The van der Waals surface area contributed by atoms with Crippen LogP contribution in [-0.4, -0.2) is 71.8 Å². The number of rotatable bonds is 9. The summed E-state index contributed by atoms with van der Waals surface area (Å²) >= 11 is 0. The number of esters is 1. The van der Waals surface area contributed by atoms with Crippen molar-refractivity contribution in [3.8, 4) is 5.75 Å².